The van der Waals surface area contributed by atoms with Crippen LogP contribution in [0.25, 0.3) is 11.5 Å². The molecular formula is C22H20N4O4. The van der Waals surface area contributed by atoms with E-state index in [1.54, 1.807) is 31.2 Å². The molecule has 0 saturated heterocycles. The van der Waals surface area contributed by atoms with Crippen LogP contribution in [0.4, 0.5) is 0 Å². The Bertz CT molecular complexity index is 1090. The third kappa shape index (κ3) is 3.71. The van der Waals surface area contributed by atoms with Crippen molar-refractivity contribution in [3.63, 3.8) is 0 Å². The first-order valence-electron chi connectivity index (χ1n) is 9.57. The summed E-state index contributed by atoms with van der Waals surface area (Å²) in [6.07, 6.45) is -0.0197. The van der Waals surface area contributed by atoms with Gasteiger partial charge in [-0.25, -0.2) is 0 Å². The Morgan fingerprint density at radius 3 is 2.33 bits per heavy atom. The number of rotatable bonds is 6. The standard InChI is InChI=1S/C22H20N4O4/c1-13-7-9-15(10-8-13)20-24-18(25-30-20)12-23-19(27)11-14(2)26-21(28)16-5-3-4-6-17(16)22(26)29/h3-10,14H,11-12H2,1-2H3,(H,23,27). The van der Waals surface area contributed by atoms with Crippen molar-refractivity contribution in [2.24, 2.45) is 0 Å². The molecule has 3 amide bonds. The molecule has 2 heterocycles. The number of carbonyl (C=O) groups is 3. The van der Waals surface area contributed by atoms with Crippen LogP contribution in [-0.2, 0) is 11.3 Å². The zero-order chi connectivity index (χ0) is 21.3. The Labute approximate surface area is 172 Å². The molecular weight excluding hydrogens is 384 g/mol. The number of nitrogens with one attached hydrogen (secondary N) is 1. The molecule has 1 aromatic heterocycles. The third-order valence-electron chi connectivity index (χ3n) is 4.96. The number of fused-ring (bicyclic) bond motifs is 1. The number of carbonyl (C=O) groups excluding carboxylic acids is 3. The van der Waals surface area contributed by atoms with E-state index in [-0.39, 0.29) is 30.7 Å². The highest BCUT2D eigenvalue weighted by Gasteiger charge is 2.38. The lowest BCUT2D eigenvalue weighted by atomic mass is 10.1. The molecule has 0 spiro atoms. The van der Waals surface area contributed by atoms with E-state index in [0.717, 1.165) is 16.0 Å². The van der Waals surface area contributed by atoms with Crippen LogP contribution in [0.5, 0.6) is 0 Å². The first-order chi connectivity index (χ1) is 14.4. The van der Waals surface area contributed by atoms with Gasteiger partial charge in [0.15, 0.2) is 5.82 Å². The molecule has 30 heavy (non-hydrogen) atoms. The van der Waals surface area contributed by atoms with E-state index in [2.05, 4.69) is 15.5 Å². The summed E-state index contributed by atoms with van der Waals surface area (Å²) in [7, 11) is 0. The first kappa shape index (κ1) is 19.5. The Morgan fingerprint density at radius 1 is 1.07 bits per heavy atom. The van der Waals surface area contributed by atoms with Crippen LogP contribution in [0.15, 0.2) is 53.1 Å². The molecule has 0 fully saturated rings. The number of nitrogens with zero attached hydrogens (tertiary/aromatic N) is 3. The van der Waals surface area contributed by atoms with Crippen molar-refractivity contribution in [3.8, 4) is 11.5 Å². The number of imide groups is 1. The van der Waals surface area contributed by atoms with E-state index in [0.29, 0.717) is 22.8 Å². The van der Waals surface area contributed by atoms with Gasteiger partial charge in [0, 0.05) is 18.0 Å². The Hall–Kier alpha value is -3.81. The molecule has 0 saturated carbocycles. The van der Waals surface area contributed by atoms with Gasteiger partial charge in [-0.3, -0.25) is 19.3 Å². The van der Waals surface area contributed by atoms with Gasteiger partial charge in [0.1, 0.15) is 0 Å². The highest BCUT2D eigenvalue weighted by atomic mass is 16.5. The molecule has 1 aliphatic heterocycles. The zero-order valence-electron chi connectivity index (χ0n) is 16.6. The van der Waals surface area contributed by atoms with Crippen molar-refractivity contribution < 1.29 is 18.9 Å². The van der Waals surface area contributed by atoms with Gasteiger partial charge in [-0.1, -0.05) is 35.0 Å². The molecule has 0 bridgehead atoms. The van der Waals surface area contributed by atoms with Crippen molar-refractivity contribution in [1.82, 2.24) is 20.4 Å². The van der Waals surface area contributed by atoms with E-state index >= 15 is 0 Å². The van der Waals surface area contributed by atoms with Gasteiger partial charge in [-0.2, -0.15) is 4.98 Å². The molecule has 1 N–H and O–H groups in total. The third-order valence-corrected chi connectivity index (χ3v) is 4.96. The summed E-state index contributed by atoms with van der Waals surface area (Å²) in [6, 6.07) is 13.7. The Morgan fingerprint density at radius 2 is 1.70 bits per heavy atom. The molecule has 4 rings (SSSR count). The zero-order valence-corrected chi connectivity index (χ0v) is 16.6. The first-order valence-corrected chi connectivity index (χ1v) is 9.57. The summed E-state index contributed by atoms with van der Waals surface area (Å²) < 4.78 is 5.24. The molecule has 0 radical (unpaired) electrons. The van der Waals surface area contributed by atoms with Crippen LogP contribution < -0.4 is 5.32 Å². The minimum absolute atomic E-state index is 0.0197. The van der Waals surface area contributed by atoms with Gasteiger partial charge in [0.25, 0.3) is 17.7 Å². The topological polar surface area (TPSA) is 105 Å². The highest BCUT2D eigenvalue weighted by molar-refractivity contribution is 6.21. The van der Waals surface area contributed by atoms with Gasteiger partial charge in [0.2, 0.25) is 5.91 Å². The summed E-state index contributed by atoms with van der Waals surface area (Å²) in [5, 5.41) is 6.58. The van der Waals surface area contributed by atoms with Crippen LogP contribution in [-0.4, -0.2) is 38.8 Å². The van der Waals surface area contributed by atoms with Crippen molar-refractivity contribution >= 4 is 17.7 Å². The normalized spacial score (nSPS) is 14.0. The van der Waals surface area contributed by atoms with E-state index in [9.17, 15) is 14.4 Å². The second-order valence-electron chi connectivity index (χ2n) is 7.24. The largest absolute Gasteiger partial charge is 0.349 e. The number of benzene rings is 2. The average molecular weight is 404 g/mol. The fraction of sp³-hybridized carbons (Fsp3) is 0.227. The SMILES string of the molecule is Cc1ccc(-c2nc(CNC(=O)CC(C)N3C(=O)c4ccccc4C3=O)no2)cc1. The molecule has 3 aromatic rings. The molecule has 152 valence electrons. The maximum atomic E-state index is 12.5. The predicted molar refractivity (Wildman–Crippen MR) is 107 cm³/mol. The van der Waals surface area contributed by atoms with Crippen LogP contribution in [0.1, 0.15) is 45.4 Å². The second kappa shape index (κ2) is 7.90. The molecule has 8 heteroatoms. The van der Waals surface area contributed by atoms with Crippen LogP contribution in [0.3, 0.4) is 0 Å². The van der Waals surface area contributed by atoms with E-state index < -0.39 is 6.04 Å². The summed E-state index contributed by atoms with van der Waals surface area (Å²) in [5.74, 6) is -0.361. The van der Waals surface area contributed by atoms with Gasteiger partial charge in [-0.15, -0.1) is 0 Å². The molecule has 0 aliphatic carbocycles. The van der Waals surface area contributed by atoms with Crippen molar-refractivity contribution in [2.75, 3.05) is 0 Å². The predicted octanol–water partition coefficient (Wildman–Crippen LogP) is 2.74. The quantitative estimate of drug-likeness (QED) is 0.634. The van der Waals surface area contributed by atoms with E-state index in [1.807, 2.05) is 31.2 Å². The summed E-state index contributed by atoms with van der Waals surface area (Å²) in [5.41, 5.74) is 2.65. The highest BCUT2D eigenvalue weighted by Crippen LogP contribution is 2.25. The number of hydrogen-bond acceptors (Lipinski definition) is 6. The summed E-state index contributed by atoms with van der Waals surface area (Å²) in [6.45, 7) is 3.75. The lowest BCUT2D eigenvalue weighted by molar-refractivity contribution is -0.122. The molecule has 1 atom stereocenters. The maximum Gasteiger partial charge on any atom is 0.261 e. The lowest BCUT2D eigenvalue weighted by Gasteiger charge is -2.21. The monoisotopic (exact) mass is 404 g/mol. The Kier molecular flexibility index (Phi) is 5.14. The van der Waals surface area contributed by atoms with Gasteiger partial charge < -0.3 is 9.84 Å². The number of aromatic nitrogens is 2. The number of hydrogen-bond donors (Lipinski definition) is 1. The summed E-state index contributed by atoms with van der Waals surface area (Å²) >= 11 is 0. The van der Waals surface area contributed by atoms with Crippen LogP contribution in [0, 0.1) is 6.92 Å². The van der Waals surface area contributed by atoms with E-state index in [4.69, 9.17) is 4.52 Å². The van der Waals surface area contributed by atoms with E-state index in [1.165, 1.54) is 0 Å². The minimum Gasteiger partial charge on any atom is -0.349 e. The maximum absolute atomic E-state index is 12.5. The van der Waals surface area contributed by atoms with Gasteiger partial charge >= 0.3 is 0 Å². The Balaban J connectivity index is 1.34. The van der Waals surface area contributed by atoms with Crippen molar-refractivity contribution in [2.45, 2.75) is 32.9 Å². The lowest BCUT2D eigenvalue weighted by Crippen LogP contribution is -2.41. The molecule has 1 unspecified atom stereocenters. The molecule has 1 aliphatic rings. The van der Waals surface area contributed by atoms with Crippen molar-refractivity contribution in [3.05, 3.63) is 71.0 Å². The van der Waals surface area contributed by atoms with Gasteiger partial charge in [-0.05, 0) is 38.1 Å². The smallest absolute Gasteiger partial charge is 0.261 e. The minimum atomic E-state index is -0.578. The van der Waals surface area contributed by atoms with Crippen LogP contribution in [0.2, 0.25) is 0 Å². The second-order valence-corrected chi connectivity index (χ2v) is 7.24. The van der Waals surface area contributed by atoms with Crippen molar-refractivity contribution in [1.29, 1.82) is 0 Å². The van der Waals surface area contributed by atoms with Gasteiger partial charge in [0.05, 0.1) is 17.7 Å². The summed E-state index contributed by atoms with van der Waals surface area (Å²) in [4.78, 5) is 42.8. The number of aryl methyl sites for hydroxylation is 1. The fourth-order valence-corrected chi connectivity index (χ4v) is 3.36. The number of amides is 3. The molecule has 2 aromatic carbocycles. The average Bonchev–Trinajstić information content (AvgIpc) is 3.31. The molecule has 8 nitrogen and oxygen atoms in total. The van der Waals surface area contributed by atoms with Crippen LogP contribution >= 0.6 is 0 Å². The fourth-order valence-electron chi connectivity index (χ4n) is 3.36.